The van der Waals surface area contributed by atoms with Crippen molar-refractivity contribution < 1.29 is 14.3 Å². The summed E-state index contributed by atoms with van der Waals surface area (Å²) in [6.45, 7) is 5.07. The lowest BCUT2D eigenvalue weighted by molar-refractivity contribution is -0.151. The van der Waals surface area contributed by atoms with Crippen molar-refractivity contribution in [2.75, 3.05) is 19.7 Å². The molecule has 1 unspecified atom stereocenters. The standard InChI is InChI=1S/C24H27N3O4S2/c1-4-31-23(30)17-10-12-27(13-11-17)21(28)15(2)33-24-25-20-19(22(29)26(24)3)18(14-32-20)16-8-6-5-7-9-16/h5-9,14-15,17H,4,10-13H2,1-3H3. The van der Waals surface area contributed by atoms with Crippen LogP contribution in [0.2, 0.25) is 0 Å². The van der Waals surface area contributed by atoms with Gasteiger partial charge in [0, 0.05) is 31.1 Å². The highest BCUT2D eigenvalue weighted by Crippen LogP contribution is 2.33. The molecule has 0 N–H and O–H groups in total. The van der Waals surface area contributed by atoms with Crippen LogP contribution >= 0.6 is 23.1 Å². The molecule has 0 radical (unpaired) electrons. The molecule has 0 bridgehead atoms. The Hall–Kier alpha value is -2.65. The number of amides is 1. The maximum atomic E-state index is 13.2. The summed E-state index contributed by atoms with van der Waals surface area (Å²) in [5.74, 6) is -0.322. The normalized spacial score (nSPS) is 15.5. The highest BCUT2D eigenvalue weighted by Gasteiger charge is 2.31. The fourth-order valence-electron chi connectivity index (χ4n) is 4.05. The number of ether oxygens (including phenoxy) is 1. The zero-order valence-corrected chi connectivity index (χ0v) is 20.6. The molecule has 1 amide bonds. The van der Waals surface area contributed by atoms with Crippen LogP contribution in [0.15, 0.2) is 45.7 Å². The van der Waals surface area contributed by atoms with Crippen molar-refractivity contribution in [1.82, 2.24) is 14.5 Å². The van der Waals surface area contributed by atoms with E-state index in [9.17, 15) is 14.4 Å². The average Bonchev–Trinajstić information content (AvgIpc) is 3.26. The summed E-state index contributed by atoms with van der Waals surface area (Å²) >= 11 is 2.74. The van der Waals surface area contributed by atoms with Crippen molar-refractivity contribution in [2.24, 2.45) is 13.0 Å². The van der Waals surface area contributed by atoms with Gasteiger partial charge in [0.15, 0.2) is 5.16 Å². The Bertz CT molecular complexity index is 1210. The Morgan fingerprint density at radius 3 is 2.61 bits per heavy atom. The van der Waals surface area contributed by atoms with E-state index in [2.05, 4.69) is 0 Å². The predicted molar refractivity (Wildman–Crippen MR) is 132 cm³/mol. The van der Waals surface area contributed by atoms with Gasteiger partial charge in [0.05, 0.1) is 23.2 Å². The summed E-state index contributed by atoms with van der Waals surface area (Å²) in [5, 5.41) is 2.70. The third kappa shape index (κ3) is 4.84. The summed E-state index contributed by atoms with van der Waals surface area (Å²) in [5.41, 5.74) is 1.75. The van der Waals surface area contributed by atoms with E-state index in [1.807, 2.05) is 42.6 Å². The van der Waals surface area contributed by atoms with E-state index < -0.39 is 5.25 Å². The molecule has 1 aromatic carbocycles. The van der Waals surface area contributed by atoms with Gasteiger partial charge in [0.1, 0.15) is 4.83 Å². The number of hydrogen-bond donors (Lipinski definition) is 0. The zero-order chi connectivity index (χ0) is 23.5. The number of piperidine rings is 1. The van der Waals surface area contributed by atoms with Crippen molar-refractivity contribution in [2.45, 2.75) is 37.1 Å². The van der Waals surface area contributed by atoms with Gasteiger partial charge in [-0.25, -0.2) is 4.98 Å². The Kier molecular flexibility index (Phi) is 7.19. The third-order valence-corrected chi connectivity index (χ3v) is 7.92. The first kappa shape index (κ1) is 23.5. The second-order valence-electron chi connectivity index (χ2n) is 8.07. The fourth-order valence-corrected chi connectivity index (χ4v) is 6.00. The number of nitrogens with zero attached hydrogens (tertiary/aromatic N) is 3. The number of rotatable bonds is 6. The molecule has 174 valence electrons. The van der Waals surface area contributed by atoms with Crippen LogP contribution in [-0.4, -0.2) is 51.3 Å². The van der Waals surface area contributed by atoms with E-state index in [1.165, 1.54) is 27.7 Å². The number of likely N-dealkylation sites (tertiary alicyclic amines) is 1. The highest BCUT2D eigenvalue weighted by molar-refractivity contribution is 8.00. The average molecular weight is 486 g/mol. The Balaban J connectivity index is 1.49. The molecule has 2 aromatic heterocycles. The SMILES string of the molecule is CCOC(=O)C1CCN(C(=O)C(C)Sc2nc3scc(-c4ccccc4)c3c(=O)n2C)CC1. The van der Waals surface area contributed by atoms with Crippen LogP contribution in [0.25, 0.3) is 21.3 Å². The number of aromatic nitrogens is 2. The van der Waals surface area contributed by atoms with Crippen molar-refractivity contribution in [3.8, 4) is 11.1 Å². The fraction of sp³-hybridized carbons (Fsp3) is 0.417. The number of carbonyl (C=O) groups excluding carboxylic acids is 2. The third-order valence-electron chi connectivity index (χ3n) is 5.92. The predicted octanol–water partition coefficient (Wildman–Crippen LogP) is 3.94. The first-order valence-electron chi connectivity index (χ1n) is 11.1. The maximum Gasteiger partial charge on any atom is 0.309 e. The van der Waals surface area contributed by atoms with E-state index in [0.717, 1.165) is 11.1 Å². The van der Waals surface area contributed by atoms with Crippen LogP contribution in [0.5, 0.6) is 0 Å². The first-order valence-corrected chi connectivity index (χ1v) is 12.8. The molecule has 1 saturated heterocycles. The zero-order valence-electron chi connectivity index (χ0n) is 18.9. The lowest BCUT2D eigenvalue weighted by Crippen LogP contribution is -2.43. The van der Waals surface area contributed by atoms with Crippen LogP contribution in [0, 0.1) is 5.92 Å². The molecule has 4 rings (SSSR count). The number of thioether (sulfide) groups is 1. The van der Waals surface area contributed by atoms with Crippen LogP contribution in [0.1, 0.15) is 26.7 Å². The summed E-state index contributed by atoms with van der Waals surface area (Å²) in [6, 6.07) is 9.80. The van der Waals surface area contributed by atoms with E-state index in [-0.39, 0.29) is 23.4 Å². The van der Waals surface area contributed by atoms with Gasteiger partial charge < -0.3 is 9.64 Å². The Morgan fingerprint density at radius 2 is 1.94 bits per heavy atom. The summed E-state index contributed by atoms with van der Waals surface area (Å²) in [6.07, 6.45) is 1.23. The number of carbonyl (C=O) groups is 2. The second kappa shape index (κ2) is 10.1. The molecule has 1 fully saturated rings. The van der Waals surface area contributed by atoms with Crippen molar-refractivity contribution in [3.05, 3.63) is 46.1 Å². The van der Waals surface area contributed by atoms with E-state index in [4.69, 9.17) is 9.72 Å². The van der Waals surface area contributed by atoms with Crippen LogP contribution < -0.4 is 5.56 Å². The highest BCUT2D eigenvalue weighted by atomic mass is 32.2. The summed E-state index contributed by atoms with van der Waals surface area (Å²) < 4.78 is 6.64. The van der Waals surface area contributed by atoms with Crippen LogP contribution in [0.3, 0.4) is 0 Å². The smallest absolute Gasteiger partial charge is 0.309 e. The van der Waals surface area contributed by atoms with E-state index in [1.54, 1.807) is 18.9 Å². The van der Waals surface area contributed by atoms with Gasteiger partial charge in [-0.3, -0.25) is 19.0 Å². The van der Waals surface area contributed by atoms with Crippen molar-refractivity contribution in [1.29, 1.82) is 0 Å². The van der Waals surface area contributed by atoms with Gasteiger partial charge in [0.2, 0.25) is 5.91 Å². The topological polar surface area (TPSA) is 81.5 Å². The molecular formula is C24H27N3O4S2. The molecule has 1 aliphatic rings. The number of thiophene rings is 1. The molecule has 1 atom stereocenters. The van der Waals surface area contributed by atoms with Gasteiger partial charge in [-0.1, -0.05) is 42.1 Å². The minimum atomic E-state index is -0.395. The lowest BCUT2D eigenvalue weighted by Gasteiger charge is -2.32. The monoisotopic (exact) mass is 485 g/mol. The number of fused-ring (bicyclic) bond motifs is 1. The van der Waals surface area contributed by atoms with Crippen molar-refractivity contribution >= 4 is 45.2 Å². The molecule has 1 aliphatic heterocycles. The van der Waals surface area contributed by atoms with Crippen LogP contribution in [-0.2, 0) is 21.4 Å². The summed E-state index contributed by atoms with van der Waals surface area (Å²) in [7, 11) is 1.70. The molecule has 3 heterocycles. The largest absolute Gasteiger partial charge is 0.466 e. The van der Waals surface area contributed by atoms with E-state index in [0.29, 0.717) is 47.9 Å². The molecular weight excluding hydrogens is 458 g/mol. The second-order valence-corrected chi connectivity index (χ2v) is 10.2. The number of esters is 1. The van der Waals surface area contributed by atoms with Gasteiger partial charge in [-0.05, 0) is 32.3 Å². The molecule has 7 nitrogen and oxygen atoms in total. The van der Waals surface area contributed by atoms with Gasteiger partial charge in [-0.15, -0.1) is 11.3 Å². The van der Waals surface area contributed by atoms with Crippen LogP contribution in [0.4, 0.5) is 0 Å². The molecule has 3 aromatic rings. The van der Waals surface area contributed by atoms with Gasteiger partial charge in [0.25, 0.3) is 5.56 Å². The quantitative estimate of drug-likeness (QED) is 0.299. The van der Waals surface area contributed by atoms with E-state index >= 15 is 0 Å². The minimum Gasteiger partial charge on any atom is -0.466 e. The summed E-state index contributed by atoms with van der Waals surface area (Å²) in [4.78, 5) is 45.4. The Morgan fingerprint density at radius 1 is 1.24 bits per heavy atom. The molecule has 33 heavy (non-hydrogen) atoms. The van der Waals surface area contributed by atoms with Gasteiger partial charge in [-0.2, -0.15) is 0 Å². The molecule has 9 heteroatoms. The number of benzene rings is 1. The molecule has 0 spiro atoms. The first-order chi connectivity index (χ1) is 15.9. The molecule has 0 aliphatic carbocycles. The minimum absolute atomic E-state index is 0.00666. The lowest BCUT2D eigenvalue weighted by atomic mass is 9.97. The number of hydrogen-bond acceptors (Lipinski definition) is 7. The van der Waals surface area contributed by atoms with Gasteiger partial charge >= 0.3 is 5.97 Å². The maximum absolute atomic E-state index is 13.2. The molecule has 0 saturated carbocycles. The van der Waals surface area contributed by atoms with Crippen molar-refractivity contribution in [3.63, 3.8) is 0 Å². The Labute approximate surface area is 200 Å².